The molecule has 3 nitrogen and oxygen atoms in total. The predicted octanol–water partition coefficient (Wildman–Crippen LogP) is 7.43. The molecule has 0 fully saturated rings. The van der Waals surface area contributed by atoms with E-state index < -0.39 is 29.3 Å². The lowest BCUT2D eigenvalue weighted by atomic mass is 10.0. The van der Waals surface area contributed by atoms with E-state index in [0.29, 0.717) is 23.3 Å². The van der Waals surface area contributed by atoms with E-state index in [4.69, 9.17) is 11.6 Å². The van der Waals surface area contributed by atoms with Crippen molar-refractivity contribution in [3.63, 3.8) is 0 Å². The van der Waals surface area contributed by atoms with Crippen molar-refractivity contribution < 1.29 is 30.7 Å². The van der Waals surface area contributed by atoms with Crippen molar-refractivity contribution in [2.24, 2.45) is 0 Å². The van der Waals surface area contributed by atoms with Crippen LogP contribution in [0.25, 0.3) is 28.1 Å². The fourth-order valence-corrected chi connectivity index (χ4v) is 3.59. The minimum atomic E-state index is -5.00. The fraction of sp³-hybridized carbons (Fsp3) is 0.0909. The Kier molecular flexibility index (Phi) is 5.65. The molecule has 11 heteroatoms. The van der Waals surface area contributed by atoms with Gasteiger partial charge in [-0.2, -0.15) is 26.3 Å². The van der Waals surface area contributed by atoms with Gasteiger partial charge in [-0.25, -0.2) is 9.37 Å². The van der Waals surface area contributed by atoms with Crippen molar-refractivity contribution in [1.82, 2.24) is 14.5 Å². The molecule has 0 aliphatic carbocycles. The zero-order valence-corrected chi connectivity index (χ0v) is 17.0. The third kappa shape index (κ3) is 4.56. The molecule has 0 aliphatic heterocycles. The number of aromatic nitrogens is 3. The number of hydrogen-bond acceptors (Lipinski definition) is 2. The normalized spacial score (nSPS) is 12.2. The van der Waals surface area contributed by atoms with E-state index in [2.05, 4.69) is 9.97 Å². The van der Waals surface area contributed by atoms with Gasteiger partial charge in [-0.1, -0.05) is 11.6 Å². The van der Waals surface area contributed by atoms with Gasteiger partial charge in [0, 0.05) is 22.9 Å². The lowest BCUT2D eigenvalue weighted by Gasteiger charge is -2.17. The van der Waals surface area contributed by atoms with Crippen LogP contribution < -0.4 is 0 Å². The van der Waals surface area contributed by atoms with Gasteiger partial charge in [-0.05, 0) is 42.5 Å². The van der Waals surface area contributed by atoms with Gasteiger partial charge in [-0.15, -0.1) is 0 Å². The molecule has 0 saturated carbocycles. The molecule has 170 valence electrons. The minimum absolute atomic E-state index is 0.0425. The zero-order valence-electron chi connectivity index (χ0n) is 16.2. The number of rotatable bonds is 3. The number of nitrogens with zero attached hydrogens (tertiary/aromatic N) is 3. The predicted molar refractivity (Wildman–Crippen MR) is 107 cm³/mol. The van der Waals surface area contributed by atoms with Crippen LogP contribution in [-0.4, -0.2) is 14.5 Å². The average molecular weight is 486 g/mol. The smallest absolute Gasteiger partial charge is 0.297 e. The van der Waals surface area contributed by atoms with E-state index in [-0.39, 0.29) is 28.0 Å². The SMILES string of the molecule is Fc1ccc(-c2ccncc2-n2cncc2-c2cc(C(F)(F)F)cc(C(F)(F)F)c2)c(Cl)c1. The zero-order chi connectivity index (χ0) is 24.0. The first-order valence-corrected chi connectivity index (χ1v) is 9.55. The standard InChI is InChI=1S/C22H11ClF7N3/c23-18-8-15(24)1-2-16(18)17-3-4-31-10-20(17)33-11-32-9-19(33)12-5-13(21(25,26)27)7-14(6-12)22(28,29)30/h1-11H. The highest BCUT2D eigenvalue weighted by Crippen LogP contribution is 2.40. The molecule has 2 heterocycles. The van der Waals surface area contributed by atoms with E-state index in [1.165, 1.54) is 41.5 Å². The van der Waals surface area contributed by atoms with Gasteiger partial charge in [0.05, 0.1) is 46.3 Å². The van der Waals surface area contributed by atoms with E-state index in [1.54, 1.807) is 0 Å². The summed E-state index contributed by atoms with van der Waals surface area (Å²) in [5.74, 6) is -0.577. The molecule has 0 radical (unpaired) electrons. The minimum Gasteiger partial charge on any atom is -0.297 e. The quantitative estimate of drug-likeness (QED) is 0.282. The van der Waals surface area contributed by atoms with Crippen LogP contribution in [0.15, 0.2) is 67.4 Å². The number of imidazole rings is 1. The highest BCUT2D eigenvalue weighted by Gasteiger charge is 2.37. The number of pyridine rings is 1. The Hall–Kier alpha value is -3.40. The molecule has 33 heavy (non-hydrogen) atoms. The lowest BCUT2D eigenvalue weighted by molar-refractivity contribution is -0.143. The molecule has 0 atom stereocenters. The summed E-state index contributed by atoms with van der Waals surface area (Å²) in [5.41, 5.74) is -2.23. The van der Waals surface area contributed by atoms with E-state index in [9.17, 15) is 30.7 Å². The van der Waals surface area contributed by atoms with Crippen LogP contribution in [0.4, 0.5) is 30.7 Å². The number of benzene rings is 2. The van der Waals surface area contributed by atoms with Crippen molar-refractivity contribution in [3.8, 4) is 28.1 Å². The summed E-state index contributed by atoms with van der Waals surface area (Å²) in [6, 6.07) is 6.47. The second-order valence-corrected chi connectivity index (χ2v) is 7.37. The van der Waals surface area contributed by atoms with Crippen LogP contribution in [0.5, 0.6) is 0 Å². The molecule has 0 spiro atoms. The van der Waals surface area contributed by atoms with E-state index in [1.807, 2.05) is 0 Å². The van der Waals surface area contributed by atoms with Gasteiger partial charge in [0.15, 0.2) is 0 Å². The molecule has 4 aromatic rings. The summed E-state index contributed by atoms with van der Waals surface area (Å²) in [5, 5.41) is 0.0579. The second kappa shape index (κ2) is 8.18. The molecule has 0 N–H and O–H groups in total. The Morgan fingerprint density at radius 3 is 2.03 bits per heavy atom. The topological polar surface area (TPSA) is 30.7 Å². The van der Waals surface area contributed by atoms with Crippen molar-refractivity contribution in [1.29, 1.82) is 0 Å². The molecule has 2 aromatic carbocycles. The maximum atomic E-state index is 13.5. The Bertz CT molecular complexity index is 1290. The van der Waals surface area contributed by atoms with Crippen LogP contribution in [0.3, 0.4) is 0 Å². The Morgan fingerprint density at radius 2 is 1.42 bits per heavy atom. The van der Waals surface area contributed by atoms with Gasteiger partial charge in [0.1, 0.15) is 5.82 Å². The number of halogens is 8. The average Bonchev–Trinajstić information content (AvgIpc) is 3.22. The number of hydrogen-bond donors (Lipinski definition) is 0. The maximum absolute atomic E-state index is 13.5. The Balaban J connectivity index is 1.93. The highest BCUT2D eigenvalue weighted by atomic mass is 35.5. The highest BCUT2D eigenvalue weighted by molar-refractivity contribution is 6.33. The van der Waals surface area contributed by atoms with Gasteiger partial charge < -0.3 is 0 Å². The van der Waals surface area contributed by atoms with Crippen LogP contribution in [-0.2, 0) is 12.4 Å². The third-order valence-corrected chi connectivity index (χ3v) is 5.12. The van der Waals surface area contributed by atoms with Crippen LogP contribution >= 0.6 is 11.6 Å². The van der Waals surface area contributed by atoms with E-state index >= 15 is 0 Å². The maximum Gasteiger partial charge on any atom is 0.416 e. The number of alkyl halides is 6. The van der Waals surface area contributed by atoms with Crippen LogP contribution in [0.2, 0.25) is 5.02 Å². The van der Waals surface area contributed by atoms with Crippen molar-refractivity contribution in [2.45, 2.75) is 12.4 Å². The van der Waals surface area contributed by atoms with E-state index in [0.717, 1.165) is 12.3 Å². The fourth-order valence-electron chi connectivity index (χ4n) is 3.32. The summed E-state index contributed by atoms with van der Waals surface area (Å²) >= 11 is 6.16. The summed E-state index contributed by atoms with van der Waals surface area (Å²) in [6.45, 7) is 0. The first-order chi connectivity index (χ1) is 15.4. The molecule has 0 amide bonds. The second-order valence-electron chi connectivity index (χ2n) is 6.96. The van der Waals surface area contributed by atoms with Gasteiger partial charge in [-0.3, -0.25) is 9.55 Å². The summed E-state index contributed by atoms with van der Waals surface area (Å²) in [7, 11) is 0. The molecule has 0 saturated heterocycles. The first-order valence-electron chi connectivity index (χ1n) is 9.17. The van der Waals surface area contributed by atoms with Gasteiger partial charge in [0.25, 0.3) is 0 Å². The molecular formula is C22H11ClF7N3. The van der Waals surface area contributed by atoms with Gasteiger partial charge >= 0.3 is 12.4 Å². The van der Waals surface area contributed by atoms with Crippen molar-refractivity contribution >= 4 is 11.6 Å². The molecule has 4 rings (SSSR count). The summed E-state index contributed by atoms with van der Waals surface area (Å²) in [6.07, 6.45) is -4.87. The molecule has 2 aromatic heterocycles. The Labute approximate surface area is 187 Å². The van der Waals surface area contributed by atoms with Crippen molar-refractivity contribution in [3.05, 3.63) is 89.3 Å². The third-order valence-electron chi connectivity index (χ3n) is 4.80. The summed E-state index contributed by atoms with van der Waals surface area (Å²) < 4.78 is 94.7. The van der Waals surface area contributed by atoms with Crippen LogP contribution in [0, 0.1) is 5.82 Å². The molecule has 0 aliphatic rings. The first kappa shape index (κ1) is 22.8. The van der Waals surface area contributed by atoms with Gasteiger partial charge in [0.2, 0.25) is 0 Å². The monoisotopic (exact) mass is 485 g/mol. The molecule has 0 bridgehead atoms. The Morgan fingerprint density at radius 1 is 0.758 bits per heavy atom. The van der Waals surface area contributed by atoms with Crippen LogP contribution in [0.1, 0.15) is 11.1 Å². The largest absolute Gasteiger partial charge is 0.416 e. The molecular weight excluding hydrogens is 475 g/mol. The molecule has 0 unspecified atom stereocenters. The summed E-state index contributed by atoms with van der Waals surface area (Å²) in [4.78, 5) is 7.91. The lowest BCUT2D eigenvalue weighted by Crippen LogP contribution is -2.11. The van der Waals surface area contributed by atoms with Crippen molar-refractivity contribution in [2.75, 3.05) is 0 Å².